The molecule has 118 valence electrons. The monoisotopic (exact) mass is 323 g/mol. The van der Waals surface area contributed by atoms with Gasteiger partial charge >= 0.3 is 0 Å². The van der Waals surface area contributed by atoms with E-state index in [9.17, 15) is 12.8 Å². The Morgan fingerprint density at radius 1 is 1.32 bits per heavy atom. The first-order valence-electron chi connectivity index (χ1n) is 7.30. The summed E-state index contributed by atoms with van der Waals surface area (Å²) in [6, 6.07) is 5.66. The first-order chi connectivity index (χ1) is 10.5. The summed E-state index contributed by atoms with van der Waals surface area (Å²) in [6.07, 6.45) is 5.92. The molecule has 5 nitrogen and oxygen atoms in total. The lowest BCUT2D eigenvalue weighted by Gasteiger charge is -2.09. The molecule has 0 amide bonds. The van der Waals surface area contributed by atoms with Crippen molar-refractivity contribution in [3.63, 3.8) is 0 Å². The lowest BCUT2D eigenvalue weighted by Crippen LogP contribution is -2.13. The van der Waals surface area contributed by atoms with Gasteiger partial charge < -0.3 is 0 Å². The number of benzene rings is 1. The van der Waals surface area contributed by atoms with Crippen LogP contribution in [0.3, 0.4) is 0 Å². The van der Waals surface area contributed by atoms with Crippen molar-refractivity contribution >= 4 is 15.7 Å². The van der Waals surface area contributed by atoms with Crippen LogP contribution in [0.4, 0.5) is 10.1 Å². The van der Waals surface area contributed by atoms with Gasteiger partial charge in [0, 0.05) is 6.20 Å². The van der Waals surface area contributed by atoms with Crippen molar-refractivity contribution in [2.75, 3.05) is 4.72 Å². The molecule has 0 unspecified atom stereocenters. The summed E-state index contributed by atoms with van der Waals surface area (Å²) < 4.78 is 42.3. The molecule has 1 fully saturated rings. The Bertz CT molecular complexity index is 780. The lowest BCUT2D eigenvalue weighted by molar-refractivity contribution is 0.464. The zero-order valence-electron chi connectivity index (χ0n) is 12.3. The predicted molar refractivity (Wildman–Crippen MR) is 81.7 cm³/mol. The van der Waals surface area contributed by atoms with E-state index in [1.807, 2.05) is 0 Å². The first kappa shape index (κ1) is 15.0. The highest BCUT2D eigenvalue weighted by Crippen LogP contribution is 2.30. The summed E-state index contributed by atoms with van der Waals surface area (Å²) in [4.78, 5) is 0.142. The Balaban J connectivity index is 1.88. The Labute approximate surface area is 129 Å². The fourth-order valence-corrected chi connectivity index (χ4v) is 4.07. The summed E-state index contributed by atoms with van der Waals surface area (Å²) in [5.41, 5.74) is 0.656. The van der Waals surface area contributed by atoms with E-state index in [0.29, 0.717) is 5.69 Å². The maximum absolute atomic E-state index is 13.2. The van der Waals surface area contributed by atoms with E-state index in [0.717, 1.165) is 31.7 Å². The fourth-order valence-electron chi connectivity index (χ4n) is 2.85. The van der Waals surface area contributed by atoms with Crippen molar-refractivity contribution in [2.24, 2.45) is 0 Å². The summed E-state index contributed by atoms with van der Waals surface area (Å²) in [5.74, 6) is -0.487. The number of hydrogen-bond donors (Lipinski definition) is 1. The van der Waals surface area contributed by atoms with Crippen molar-refractivity contribution in [1.29, 1.82) is 0 Å². The van der Waals surface area contributed by atoms with Crippen LogP contribution in [0.1, 0.15) is 37.4 Å². The molecule has 7 heteroatoms. The Morgan fingerprint density at radius 2 is 2.05 bits per heavy atom. The molecule has 0 bridgehead atoms. The highest BCUT2D eigenvalue weighted by molar-refractivity contribution is 7.92. The minimum Gasteiger partial charge on any atom is -0.279 e. The van der Waals surface area contributed by atoms with Gasteiger partial charge in [0.15, 0.2) is 0 Å². The minimum atomic E-state index is -3.77. The molecule has 0 saturated heterocycles. The van der Waals surface area contributed by atoms with Crippen LogP contribution in [0, 0.1) is 12.7 Å². The van der Waals surface area contributed by atoms with Gasteiger partial charge in [0.05, 0.1) is 17.4 Å². The number of sulfonamides is 1. The van der Waals surface area contributed by atoms with Crippen molar-refractivity contribution in [3.05, 3.63) is 42.0 Å². The molecule has 1 aliphatic rings. The molecule has 1 heterocycles. The number of nitrogens with one attached hydrogen (secondary N) is 1. The van der Waals surface area contributed by atoms with Crippen LogP contribution in [0.25, 0.3) is 0 Å². The number of rotatable bonds is 4. The van der Waals surface area contributed by atoms with Crippen LogP contribution in [0.15, 0.2) is 35.4 Å². The number of anilines is 1. The Hall–Kier alpha value is -1.89. The van der Waals surface area contributed by atoms with E-state index in [2.05, 4.69) is 9.82 Å². The summed E-state index contributed by atoms with van der Waals surface area (Å²) in [6.45, 7) is 1.67. The van der Waals surface area contributed by atoms with E-state index in [-0.39, 0.29) is 16.6 Å². The van der Waals surface area contributed by atoms with Gasteiger partial charge in [-0.2, -0.15) is 5.10 Å². The third-order valence-electron chi connectivity index (χ3n) is 3.94. The van der Waals surface area contributed by atoms with Crippen molar-refractivity contribution in [3.8, 4) is 0 Å². The molecule has 1 aliphatic carbocycles. The average Bonchev–Trinajstić information content (AvgIpc) is 3.07. The molecule has 3 rings (SSSR count). The summed E-state index contributed by atoms with van der Waals surface area (Å²) in [5, 5.41) is 4.34. The SMILES string of the molecule is Cc1nn(C2CCCC2)cc1S(=O)(=O)Nc1cccc(F)c1. The third-order valence-corrected chi connectivity index (χ3v) is 5.42. The van der Waals surface area contributed by atoms with Crippen LogP contribution >= 0.6 is 0 Å². The maximum atomic E-state index is 13.2. The standard InChI is InChI=1S/C15H18FN3O2S/c1-11-15(10-19(17-11)14-7-2-3-8-14)22(20,21)18-13-6-4-5-12(16)9-13/h4-6,9-10,14,18H,2-3,7-8H2,1H3. The van der Waals surface area contributed by atoms with E-state index in [4.69, 9.17) is 0 Å². The van der Waals surface area contributed by atoms with E-state index >= 15 is 0 Å². The average molecular weight is 323 g/mol. The number of halogens is 1. The molecule has 0 atom stereocenters. The van der Waals surface area contributed by atoms with Crippen LogP contribution in [-0.4, -0.2) is 18.2 Å². The molecule has 1 aromatic carbocycles. The molecule has 0 radical (unpaired) electrons. The van der Waals surface area contributed by atoms with E-state index < -0.39 is 15.8 Å². The molecular formula is C15H18FN3O2S. The number of aromatic nitrogens is 2. The molecule has 1 saturated carbocycles. The van der Waals surface area contributed by atoms with Crippen LogP contribution < -0.4 is 4.72 Å². The van der Waals surface area contributed by atoms with Crippen LogP contribution in [0.2, 0.25) is 0 Å². The predicted octanol–water partition coefficient (Wildman–Crippen LogP) is 3.25. The van der Waals surface area contributed by atoms with Gasteiger partial charge in [-0.1, -0.05) is 18.9 Å². The highest BCUT2D eigenvalue weighted by Gasteiger charge is 2.24. The molecule has 0 aliphatic heterocycles. The van der Waals surface area contributed by atoms with E-state index in [1.165, 1.54) is 18.2 Å². The number of hydrogen-bond acceptors (Lipinski definition) is 3. The van der Waals surface area contributed by atoms with E-state index in [1.54, 1.807) is 17.8 Å². The van der Waals surface area contributed by atoms with Gasteiger partial charge in [-0.3, -0.25) is 9.40 Å². The van der Waals surface area contributed by atoms with Gasteiger partial charge in [0.2, 0.25) is 0 Å². The normalized spacial score (nSPS) is 16.1. The van der Waals surface area contributed by atoms with Crippen molar-refractivity contribution < 1.29 is 12.8 Å². The zero-order chi connectivity index (χ0) is 15.7. The molecule has 0 spiro atoms. The van der Waals surface area contributed by atoms with Crippen LogP contribution in [0.5, 0.6) is 0 Å². The van der Waals surface area contributed by atoms with Gasteiger partial charge in [0.25, 0.3) is 10.0 Å². The van der Waals surface area contributed by atoms with Crippen molar-refractivity contribution in [1.82, 2.24) is 9.78 Å². The van der Waals surface area contributed by atoms with Gasteiger partial charge in [-0.05, 0) is 38.0 Å². The van der Waals surface area contributed by atoms with Crippen LogP contribution in [-0.2, 0) is 10.0 Å². The van der Waals surface area contributed by atoms with Gasteiger partial charge in [-0.25, -0.2) is 12.8 Å². The second-order valence-corrected chi connectivity index (χ2v) is 7.26. The van der Waals surface area contributed by atoms with Crippen molar-refractivity contribution in [2.45, 2.75) is 43.5 Å². The Morgan fingerprint density at radius 3 is 2.73 bits per heavy atom. The maximum Gasteiger partial charge on any atom is 0.265 e. The molecular weight excluding hydrogens is 305 g/mol. The summed E-state index contributed by atoms with van der Waals surface area (Å²) in [7, 11) is -3.77. The fraction of sp³-hybridized carbons (Fsp3) is 0.400. The minimum absolute atomic E-state index is 0.142. The largest absolute Gasteiger partial charge is 0.279 e. The quantitative estimate of drug-likeness (QED) is 0.939. The number of nitrogens with zero attached hydrogens (tertiary/aromatic N) is 2. The van der Waals surface area contributed by atoms with Gasteiger partial charge in [0.1, 0.15) is 10.7 Å². The highest BCUT2D eigenvalue weighted by atomic mass is 32.2. The second kappa shape index (κ2) is 5.72. The smallest absolute Gasteiger partial charge is 0.265 e. The lowest BCUT2D eigenvalue weighted by atomic mass is 10.3. The molecule has 1 N–H and O–H groups in total. The second-order valence-electron chi connectivity index (χ2n) is 5.61. The topological polar surface area (TPSA) is 64.0 Å². The number of aryl methyl sites for hydroxylation is 1. The Kier molecular flexibility index (Phi) is 3.90. The third kappa shape index (κ3) is 2.99. The molecule has 2 aromatic rings. The summed E-state index contributed by atoms with van der Waals surface area (Å²) >= 11 is 0. The molecule has 22 heavy (non-hydrogen) atoms. The van der Waals surface area contributed by atoms with Gasteiger partial charge in [-0.15, -0.1) is 0 Å². The zero-order valence-corrected chi connectivity index (χ0v) is 13.1. The first-order valence-corrected chi connectivity index (χ1v) is 8.78. The molecule has 1 aromatic heterocycles.